The van der Waals surface area contributed by atoms with E-state index in [9.17, 15) is 13.2 Å². The molecule has 0 radical (unpaired) electrons. The fourth-order valence-corrected chi connectivity index (χ4v) is 0.946. The smallest absolute Gasteiger partial charge is 0.292 e. The van der Waals surface area contributed by atoms with E-state index in [1.54, 1.807) is 18.5 Å². The number of nitrogens with zero attached hydrogens (tertiary/aromatic N) is 1. The molecule has 1 heterocycles. The Bertz CT molecular complexity index is 276. The van der Waals surface area contributed by atoms with Crippen LogP contribution in [0.5, 0.6) is 0 Å². The Labute approximate surface area is 85.2 Å². The van der Waals surface area contributed by atoms with Crippen LogP contribution in [-0.4, -0.2) is 24.3 Å². The summed E-state index contributed by atoms with van der Waals surface area (Å²) in [6, 6.07) is 3.62. The molecule has 15 heavy (non-hydrogen) atoms. The van der Waals surface area contributed by atoms with Gasteiger partial charge in [-0.05, 0) is 18.1 Å². The Morgan fingerprint density at radius 3 is 2.80 bits per heavy atom. The number of halogens is 3. The molecule has 0 amide bonds. The minimum atomic E-state index is -4.29. The van der Waals surface area contributed by atoms with Crippen LogP contribution in [0.25, 0.3) is 0 Å². The molecule has 1 aromatic heterocycles. The van der Waals surface area contributed by atoms with Gasteiger partial charge in [0, 0.05) is 18.9 Å². The maximum Gasteiger partial charge on any atom is 0.413 e. The highest BCUT2D eigenvalue weighted by Gasteiger charge is 2.27. The Morgan fingerprint density at radius 2 is 2.20 bits per heavy atom. The van der Waals surface area contributed by atoms with Crippen molar-refractivity contribution in [2.45, 2.75) is 12.6 Å². The summed E-state index contributed by atoms with van der Waals surface area (Å²) in [6.45, 7) is -0.957. The summed E-state index contributed by atoms with van der Waals surface area (Å²) in [6.07, 6.45) is -0.421. The minimum absolute atomic E-state index is 0.321. The third kappa shape index (κ3) is 6.03. The number of hydrogen-bond acceptors (Lipinski definition) is 3. The lowest BCUT2D eigenvalue weighted by Crippen LogP contribution is -2.26. The highest BCUT2D eigenvalue weighted by Crippen LogP contribution is 2.13. The van der Waals surface area contributed by atoms with Crippen LogP contribution >= 0.6 is 0 Å². The summed E-state index contributed by atoms with van der Waals surface area (Å²) in [5, 5.41) is 0. The lowest BCUT2D eigenvalue weighted by Gasteiger charge is -2.07. The predicted molar refractivity (Wildman–Crippen MR) is 48.0 cm³/mol. The van der Waals surface area contributed by atoms with Gasteiger partial charge in [0.1, 0.15) is 0 Å². The van der Waals surface area contributed by atoms with Crippen molar-refractivity contribution in [1.29, 1.82) is 0 Å². The molecule has 0 bridgehead atoms. The molecule has 0 aliphatic carbocycles. The van der Waals surface area contributed by atoms with E-state index in [0.29, 0.717) is 13.0 Å². The molecule has 0 aromatic carbocycles. The molecule has 0 atom stereocenters. The van der Waals surface area contributed by atoms with Crippen LogP contribution in [0.3, 0.4) is 0 Å². The van der Waals surface area contributed by atoms with E-state index in [4.69, 9.17) is 0 Å². The number of hydrogen-bond donors (Lipinski definition) is 1. The molecule has 1 N–H and O–H groups in total. The minimum Gasteiger partial charge on any atom is -0.292 e. The van der Waals surface area contributed by atoms with Crippen molar-refractivity contribution in [2.75, 3.05) is 13.2 Å². The fraction of sp³-hybridized carbons (Fsp3) is 0.444. The number of aromatic nitrogens is 1. The molecule has 6 heteroatoms. The van der Waals surface area contributed by atoms with Gasteiger partial charge in [0.2, 0.25) is 0 Å². The highest BCUT2D eigenvalue weighted by atomic mass is 19.4. The summed E-state index contributed by atoms with van der Waals surface area (Å²) in [4.78, 5) is 8.10. The van der Waals surface area contributed by atoms with Gasteiger partial charge in [0.25, 0.3) is 0 Å². The topological polar surface area (TPSA) is 34.1 Å². The monoisotopic (exact) mass is 220 g/mol. The Hall–Kier alpha value is -1.14. The predicted octanol–water partition coefficient (Wildman–Crippen LogP) is 1.71. The zero-order chi connectivity index (χ0) is 11.1. The molecule has 1 rings (SSSR count). The van der Waals surface area contributed by atoms with E-state index >= 15 is 0 Å². The summed E-state index contributed by atoms with van der Waals surface area (Å²) in [5.41, 5.74) is 3.19. The van der Waals surface area contributed by atoms with E-state index in [2.05, 4.69) is 15.3 Å². The molecule has 0 aliphatic heterocycles. The Kier molecular flexibility index (Phi) is 4.51. The van der Waals surface area contributed by atoms with E-state index in [1.807, 2.05) is 6.07 Å². The van der Waals surface area contributed by atoms with Gasteiger partial charge in [0.05, 0.1) is 0 Å². The normalized spacial score (nSPS) is 11.7. The first kappa shape index (κ1) is 11.9. The first-order valence-electron chi connectivity index (χ1n) is 4.38. The van der Waals surface area contributed by atoms with Crippen LogP contribution in [0.4, 0.5) is 13.2 Å². The fourth-order valence-electron chi connectivity index (χ4n) is 0.946. The molecule has 84 valence electrons. The average Bonchev–Trinajstić information content (AvgIpc) is 2.17. The van der Waals surface area contributed by atoms with Gasteiger partial charge in [0.15, 0.2) is 6.61 Å². The first-order chi connectivity index (χ1) is 7.08. The summed E-state index contributed by atoms with van der Waals surface area (Å²) in [7, 11) is 0. The Morgan fingerprint density at radius 1 is 1.40 bits per heavy atom. The molecular formula is C9H11F3N2O. The van der Waals surface area contributed by atoms with Crippen molar-refractivity contribution in [1.82, 2.24) is 10.5 Å². The third-order valence-corrected chi connectivity index (χ3v) is 1.58. The summed E-state index contributed by atoms with van der Waals surface area (Å²) < 4.78 is 34.9. The van der Waals surface area contributed by atoms with Gasteiger partial charge in [-0.2, -0.15) is 13.2 Å². The van der Waals surface area contributed by atoms with E-state index in [0.717, 1.165) is 5.56 Å². The van der Waals surface area contributed by atoms with Crippen LogP contribution < -0.4 is 5.48 Å². The van der Waals surface area contributed by atoms with Gasteiger partial charge in [-0.3, -0.25) is 9.82 Å². The number of alkyl halides is 3. The highest BCUT2D eigenvalue weighted by molar-refractivity contribution is 5.08. The number of pyridine rings is 1. The summed E-state index contributed by atoms with van der Waals surface area (Å²) in [5.74, 6) is 0. The maximum atomic E-state index is 11.6. The van der Waals surface area contributed by atoms with Crippen molar-refractivity contribution >= 4 is 0 Å². The van der Waals surface area contributed by atoms with Gasteiger partial charge in [-0.15, -0.1) is 0 Å². The zero-order valence-corrected chi connectivity index (χ0v) is 7.92. The lowest BCUT2D eigenvalue weighted by molar-refractivity contribution is -0.189. The van der Waals surface area contributed by atoms with Crippen LogP contribution in [0.1, 0.15) is 5.56 Å². The van der Waals surface area contributed by atoms with Gasteiger partial charge < -0.3 is 0 Å². The second kappa shape index (κ2) is 5.67. The van der Waals surface area contributed by atoms with Gasteiger partial charge >= 0.3 is 6.18 Å². The van der Waals surface area contributed by atoms with Crippen molar-refractivity contribution in [2.24, 2.45) is 0 Å². The second-order valence-electron chi connectivity index (χ2n) is 2.91. The molecule has 0 spiro atoms. The number of rotatable bonds is 5. The standard InChI is InChI=1S/C9H11F3N2O/c10-9(11,12)7-15-14-5-3-8-2-1-4-13-6-8/h1-2,4,6,14H,3,5,7H2. The molecule has 3 nitrogen and oxygen atoms in total. The van der Waals surface area contributed by atoms with Crippen molar-refractivity contribution in [3.8, 4) is 0 Å². The van der Waals surface area contributed by atoms with Crippen molar-refractivity contribution < 1.29 is 18.0 Å². The van der Waals surface area contributed by atoms with E-state index < -0.39 is 12.8 Å². The molecule has 0 unspecified atom stereocenters. The van der Waals surface area contributed by atoms with Crippen LogP contribution in [0.15, 0.2) is 24.5 Å². The van der Waals surface area contributed by atoms with E-state index in [-0.39, 0.29) is 0 Å². The molecule has 0 saturated carbocycles. The number of hydroxylamine groups is 1. The van der Waals surface area contributed by atoms with Crippen LogP contribution in [0.2, 0.25) is 0 Å². The van der Waals surface area contributed by atoms with Gasteiger partial charge in [-0.1, -0.05) is 6.07 Å². The number of nitrogens with one attached hydrogen (secondary N) is 1. The Balaban J connectivity index is 2.08. The van der Waals surface area contributed by atoms with Crippen molar-refractivity contribution in [3.63, 3.8) is 0 Å². The average molecular weight is 220 g/mol. The van der Waals surface area contributed by atoms with Gasteiger partial charge in [-0.25, -0.2) is 5.48 Å². The molecule has 0 saturated heterocycles. The maximum absolute atomic E-state index is 11.6. The quantitative estimate of drug-likeness (QED) is 0.606. The first-order valence-corrected chi connectivity index (χ1v) is 4.38. The SMILES string of the molecule is FC(F)(F)CONCCc1cccnc1. The second-order valence-corrected chi connectivity index (χ2v) is 2.91. The third-order valence-electron chi connectivity index (χ3n) is 1.58. The molecular weight excluding hydrogens is 209 g/mol. The summed E-state index contributed by atoms with van der Waals surface area (Å²) >= 11 is 0. The lowest BCUT2D eigenvalue weighted by atomic mass is 10.2. The van der Waals surface area contributed by atoms with Crippen LogP contribution in [0, 0.1) is 0 Å². The zero-order valence-electron chi connectivity index (χ0n) is 7.92. The molecule has 0 aliphatic rings. The molecule has 1 aromatic rings. The van der Waals surface area contributed by atoms with Crippen LogP contribution in [-0.2, 0) is 11.3 Å². The largest absolute Gasteiger partial charge is 0.413 e. The van der Waals surface area contributed by atoms with E-state index in [1.165, 1.54) is 0 Å². The van der Waals surface area contributed by atoms with Crippen molar-refractivity contribution in [3.05, 3.63) is 30.1 Å². The molecule has 0 fully saturated rings.